The zero-order valence-electron chi connectivity index (χ0n) is 9.90. The number of rotatable bonds is 3. The van der Waals surface area contributed by atoms with Gasteiger partial charge in [-0.2, -0.15) is 5.10 Å². The Hall–Kier alpha value is -1.04. The van der Waals surface area contributed by atoms with Gasteiger partial charge in [0.05, 0.1) is 24.4 Å². The molecule has 0 saturated heterocycles. The predicted molar refractivity (Wildman–Crippen MR) is 69.9 cm³/mol. The Morgan fingerprint density at radius 1 is 1.59 bits per heavy atom. The van der Waals surface area contributed by atoms with Crippen LogP contribution < -0.4 is 10.5 Å². The van der Waals surface area contributed by atoms with E-state index in [2.05, 4.69) is 5.10 Å². The maximum Gasteiger partial charge on any atom is 0.161 e. The van der Waals surface area contributed by atoms with Gasteiger partial charge in [-0.15, -0.1) is 11.3 Å². The van der Waals surface area contributed by atoms with Gasteiger partial charge in [0.25, 0.3) is 0 Å². The smallest absolute Gasteiger partial charge is 0.161 e. The first-order valence-corrected chi connectivity index (χ1v) is 6.37. The monoisotopic (exact) mass is 271 g/mol. The molecule has 0 bridgehead atoms. The Morgan fingerprint density at radius 3 is 2.82 bits per heavy atom. The average molecular weight is 272 g/mol. The lowest BCUT2D eigenvalue weighted by Gasteiger charge is -2.13. The normalized spacial score (nSPS) is 12.8. The van der Waals surface area contributed by atoms with Crippen molar-refractivity contribution in [3.63, 3.8) is 0 Å². The third-order valence-corrected chi connectivity index (χ3v) is 4.47. The Kier molecular flexibility index (Phi) is 3.42. The lowest BCUT2D eigenvalue weighted by atomic mass is 10.1. The first-order valence-electron chi connectivity index (χ1n) is 5.11. The van der Waals surface area contributed by atoms with Gasteiger partial charge in [0.1, 0.15) is 5.69 Å². The molecule has 0 radical (unpaired) electrons. The number of methoxy groups -OCH3 is 1. The quantitative estimate of drug-likeness (QED) is 0.933. The summed E-state index contributed by atoms with van der Waals surface area (Å²) in [6.07, 6.45) is 1.66. The summed E-state index contributed by atoms with van der Waals surface area (Å²) in [4.78, 5) is 0.936. The highest BCUT2D eigenvalue weighted by molar-refractivity contribution is 7.10. The Bertz CT molecular complexity index is 535. The van der Waals surface area contributed by atoms with E-state index in [1.54, 1.807) is 29.3 Å². The second-order valence-corrected chi connectivity index (χ2v) is 5.09. The van der Waals surface area contributed by atoms with E-state index in [0.29, 0.717) is 5.75 Å². The van der Waals surface area contributed by atoms with Crippen LogP contribution in [0.15, 0.2) is 11.6 Å². The molecule has 0 aliphatic heterocycles. The third kappa shape index (κ3) is 2.06. The van der Waals surface area contributed by atoms with Crippen LogP contribution in [0.2, 0.25) is 5.02 Å². The van der Waals surface area contributed by atoms with E-state index in [9.17, 15) is 0 Å². The Labute approximate surface area is 109 Å². The van der Waals surface area contributed by atoms with Crippen LogP contribution in [0, 0.1) is 6.92 Å². The maximum absolute atomic E-state index is 6.24. The van der Waals surface area contributed by atoms with E-state index in [4.69, 9.17) is 22.1 Å². The molecule has 2 aromatic rings. The average Bonchev–Trinajstić information content (AvgIpc) is 2.83. The Morgan fingerprint density at radius 2 is 2.29 bits per heavy atom. The van der Waals surface area contributed by atoms with E-state index in [1.165, 1.54) is 0 Å². The van der Waals surface area contributed by atoms with Gasteiger partial charge in [-0.05, 0) is 17.9 Å². The van der Waals surface area contributed by atoms with Gasteiger partial charge in [0.2, 0.25) is 0 Å². The molecule has 0 fully saturated rings. The van der Waals surface area contributed by atoms with Gasteiger partial charge < -0.3 is 10.5 Å². The number of aryl methyl sites for hydroxylation is 2. The van der Waals surface area contributed by atoms with Crippen LogP contribution in [0.1, 0.15) is 22.2 Å². The molecular weight excluding hydrogens is 258 g/mol. The van der Waals surface area contributed by atoms with Crippen LogP contribution in [0.3, 0.4) is 0 Å². The minimum Gasteiger partial charge on any atom is -0.493 e. The number of ether oxygens (including phenoxy) is 1. The van der Waals surface area contributed by atoms with Crippen LogP contribution in [-0.2, 0) is 7.05 Å². The summed E-state index contributed by atoms with van der Waals surface area (Å²) in [5.74, 6) is 0.683. The van der Waals surface area contributed by atoms with Crippen LogP contribution in [-0.4, -0.2) is 16.9 Å². The van der Waals surface area contributed by atoms with E-state index in [0.717, 1.165) is 21.2 Å². The minimum atomic E-state index is -0.316. The number of halogens is 1. The third-order valence-electron chi connectivity index (χ3n) is 2.67. The van der Waals surface area contributed by atoms with Crippen LogP contribution >= 0.6 is 22.9 Å². The first kappa shape index (κ1) is 12.4. The molecule has 1 unspecified atom stereocenters. The van der Waals surface area contributed by atoms with Gasteiger partial charge >= 0.3 is 0 Å². The zero-order chi connectivity index (χ0) is 12.6. The van der Waals surface area contributed by atoms with Gasteiger partial charge in [0, 0.05) is 11.9 Å². The number of thiophene rings is 1. The molecule has 0 spiro atoms. The SMILES string of the molecule is COc1cnn(C)c1C(N)c1scc(C)c1Cl. The van der Waals surface area contributed by atoms with Gasteiger partial charge in [-0.1, -0.05) is 11.6 Å². The summed E-state index contributed by atoms with van der Waals surface area (Å²) in [5.41, 5.74) is 8.11. The maximum atomic E-state index is 6.24. The zero-order valence-corrected chi connectivity index (χ0v) is 11.5. The summed E-state index contributed by atoms with van der Waals surface area (Å²) in [6, 6.07) is -0.316. The van der Waals surface area contributed by atoms with E-state index >= 15 is 0 Å². The summed E-state index contributed by atoms with van der Waals surface area (Å²) in [6.45, 7) is 1.97. The number of hydrogen-bond acceptors (Lipinski definition) is 4. The van der Waals surface area contributed by atoms with Gasteiger partial charge in [0.15, 0.2) is 5.75 Å². The van der Waals surface area contributed by atoms with Crippen molar-refractivity contribution < 1.29 is 4.74 Å². The summed E-state index contributed by atoms with van der Waals surface area (Å²) >= 11 is 7.79. The van der Waals surface area contributed by atoms with Crippen molar-refractivity contribution in [2.75, 3.05) is 7.11 Å². The van der Waals surface area contributed by atoms with E-state index in [-0.39, 0.29) is 6.04 Å². The van der Waals surface area contributed by atoms with Crippen molar-refractivity contribution in [3.05, 3.63) is 32.7 Å². The molecule has 0 aliphatic carbocycles. The van der Waals surface area contributed by atoms with Crippen molar-refractivity contribution in [1.29, 1.82) is 0 Å². The largest absolute Gasteiger partial charge is 0.493 e. The molecule has 0 aromatic carbocycles. The molecule has 0 amide bonds. The highest BCUT2D eigenvalue weighted by Crippen LogP contribution is 2.36. The Balaban J connectivity index is 2.46. The van der Waals surface area contributed by atoms with Crippen LogP contribution in [0.4, 0.5) is 0 Å². The molecule has 0 saturated carbocycles. The van der Waals surface area contributed by atoms with Crippen molar-refractivity contribution in [2.24, 2.45) is 12.8 Å². The van der Waals surface area contributed by atoms with Crippen molar-refractivity contribution >= 4 is 22.9 Å². The van der Waals surface area contributed by atoms with Crippen LogP contribution in [0.5, 0.6) is 5.75 Å². The number of aromatic nitrogens is 2. The first-order chi connectivity index (χ1) is 8.06. The fourth-order valence-electron chi connectivity index (χ4n) is 1.72. The highest BCUT2D eigenvalue weighted by Gasteiger charge is 2.22. The molecule has 2 heterocycles. The number of nitrogens with two attached hydrogens (primary N) is 1. The highest BCUT2D eigenvalue weighted by atomic mass is 35.5. The lowest BCUT2D eigenvalue weighted by Crippen LogP contribution is -2.16. The van der Waals surface area contributed by atoms with E-state index < -0.39 is 0 Å². The molecule has 2 aromatic heterocycles. The van der Waals surface area contributed by atoms with Crippen molar-refractivity contribution in [1.82, 2.24) is 9.78 Å². The molecule has 92 valence electrons. The molecule has 0 aliphatic rings. The summed E-state index contributed by atoms with van der Waals surface area (Å²) < 4.78 is 6.97. The number of hydrogen-bond donors (Lipinski definition) is 1. The number of nitrogens with zero attached hydrogens (tertiary/aromatic N) is 2. The fraction of sp³-hybridized carbons (Fsp3) is 0.364. The second-order valence-electron chi connectivity index (χ2n) is 3.80. The standard InChI is InChI=1S/C11H14ClN3OS/c1-6-5-17-11(8(6)12)9(13)10-7(16-3)4-14-15(10)2/h4-5,9H,13H2,1-3H3. The topological polar surface area (TPSA) is 53.1 Å². The molecule has 2 N–H and O–H groups in total. The van der Waals surface area contributed by atoms with Gasteiger partial charge in [-0.25, -0.2) is 0 Å². The van der Waals surface area contributed by atoms with Crippen LogP contribution in [0.25, 0.3) is 0 Å². The minimum absolute atomic E-state index is 0.316. The molecule has 6 heteroatoms. The molecular formula is C11H14ClN3OS. The fourth-order valence-corrected chi connectivity index (χ4v) is 3.04. The molecule has 1 atom stereocenters. The molecule has 2 rings (SSSR count). The predicted octanol–water partition coefficient (Wildman–Crippen LogP) is 2.50. The summed E-state index contributed by atoms with van der Waals surface area (Å²) in [5, 5.41) is 6.87. The summed E-state index contributed by atoms with van der Waals surface area (Å²) in [7, 11) is 3.45. The van der Waals surface area contributed by atoms with Gasteiger partial charge in [-0.3, -0.25) is 4.68 Å². The lowest BCUT2D eigenvalue weighted by molar-refractivity contribution is 0.406. The second kappa shape index (κ2) is 4.68. The molecule has 17 heavy (non-hydrogen) atoms. The van der Waals surface area contributed by atoms with Crippen molar-refractivity contribution in [3.8, 4) is 5.75 Å². The van der Waals surface area contributed by atoms with Crippen molar-refractivity contribution in [2.45, 2.75) is 13.0 Å². The molecule has 4 nitrogen and oxygen atoms in total. The van der Waals surface area contributed by atoms with E-state index in [1.807, 2.05) is 19.4 Å².